The summed E-state index contributed by atoms with van der Waals surface area (Å²) in [5, 5.41) is 3.61. The first-order valence-electron chi connectivity index (χ1n) is 6.37. The molecule has 3 heteroatoms. The Morgan fingerprint density at radius 2 is 2.00 bits per heavy atom. The minimum absolute atomic E-state index is 0.220. The summed E-state index contributed by atoms with van der Waals surface area (Å²) in [6.07, 6.45) is 2.66. The van der Waals surface area contributed by atoms with Crippen molar-refractivity contribution in [3.05, 3.63) is 30.1 Å². The van der Waals surface area contributed by atoms with E-state index in [0.717, 1.165) is 11.7 Å². The second kappa shape index (κ2) is 4.30. The maximum atomic E-state index is 12.7. The highest BCUT2D eigenvalue weighted by molar-refractivity contribution is 5.22. The first-order chi connectivity index (χ1) is 8.22. The molecule has 2 aliphatic heterocycles. The largest absolute Gasteiger partial charge is 0.492 e. The molecule has 2 heterocycles. The number of hydrogen-bond donors (Lipinski definition) is 1. The molecule has 0 aromatic heterocycles. The summed E-state index contributed by atoms with van der Waals surface area (Å²) in [5.41, 5.74) is 0. The Labute approximate surface area is 101 Å². The van der Waals surface area contributed by atoms with Crippen molar-refractivity contribution in [2.24, 2.45) is 11.8 Å². The standard InChI is InChI=1S/C14H18FNO/c1-9-10-6-12(7-10)16-14(9)8-17-13-4-2-11(15)3-5-13/h2-5,9-10,12,14,16H,6-8H2,1H3/t9-,10?,12?,14+/m0/s1. The van der Waals surface area contributed by atoms with Gasteiger partial charge < -0.3 is 10.1 Å². The van der Waals surface area contributed by atoms with Crippen molar-refractivity contribution < 1.29 is 9.13 Å². The highest BCUT2D eigenvalue weighted by Gasteiger charge is 2.43. The molecule has 2 nitrogen and oxygen atoms in total. The molecule has 4 rings (SSSR count). The second-order valence-corrected chi connectivity index (χ2v) is 5.33. The highest BCUT2D eigenvalue weighted by Crippen LogP contribution is 2.40. The van der Waals surface area contributed by atoms with Crippen molar-refractivity contribution >= 4 is 0 Å². The monoisotopic (exact) mass is 235 g/mol. The minimum atomic E-state index is -0.220. The van der Waals surface area contributed by atoms with Crippen LogP contribution in [0.1, 0.15) is 19.8 Å². The summed E-state index contributed by atoms with van der Waals surface area (Å²) in [6.45, 7) is 2.98. The Balaban J connectivity index is 1.55. The van der Waals surface area contributed by atoms with Crippen LogP contribution in [0.4, 0.5) is 4.39 Å². The van der Waals surface area contributed by atoms with Crippen LogP contribution < -0.4 is 10.1 Å². The minimum Gasteiger partial charge on any atom is -0.492 e. The van der Waals surface area contributed by atoms with Gasteiger partial charge in [-0.25, -0.2) is 4.39 Å². The third-order valence-corrected chi connectivity index (χ3v) is 4.25. The van der Waals surface area contributed by atoms with Gasteiger partial charge in [0.05, 0.1) is 0 Å². The number of rotatable bonds is 3. The van der Waals surface area contributed by atoms with E-state index in [4.69, 9.17) is 4.74 Å². The van der Waals surface area contributed by atoms with Crippen LogP contribution in [0.2, 0.25) is 0 Å². The number of ether oxygens (including phenoxy) is 1. The Morgan fingerprint density at radius 1 is 1.29 bits per heavy atom. The van der Waals surface area contributed by atoms with Crippen molar-refractivity contribution in [2.75, 3.05) is 6.61 Å². The molecular formula is C14H18FNO. The first-order valence-corrected chi connectivity index (χ1v) is 6.37. The van der Waals surface area contributed by atoms with Crippen LogP contribution in [-0.4, -0.2) is 18.7 Å². The SMILES string of the molecule is C[C@H]1C2CC(C2)N[C@@H]1COc1ccc(F)cc1. The lowest BCUT2D eigenvalue weighted by Gasteiger charge is -2.50. The Kier molecular flexibility index (Phi) is 2.79. The lowest BCUT2D eigenvalue weighted by molar-refractivity contribution is 0.0334. The first kappa shape index (κ1) is 11.0. The van der Waals surface area contributed by atoms with E-state index in [0.29, 0.717) is 24.6 Å². The molecule has 1 aromatic rings. The van der Waals surface area contributed by atoms with Gasteiger partial charge in [0.2, 0.25) is 0 Å². The fourth-order valence-electron chi connectivity index (χ4n) is 2.93. The summed E-state index contributed by atoms with van der Waals surface area (Å²) in [5.74, 6) is 2.09. The molecule has 2 atom stereocenters. The summed E-state index contributed by atoms with van der Waals surface area (Å²) in [6, 6.07) is 7.39. The van der Waals surface area contributed by atoms with Gasteiger partial charge >= 0.3 is 0 Å². The molecule has 0 unspecified atom stereocenters. The van der Waals surface area contributed by atoms with Crippen molar-refractivity contribution in [3.8, 4) is 5.75 Å². The zero-order valence-corrected chi connectivity index (χ0v) is 10.0. The molecule has 1 saturated carbocycles. The van der Waals surface area contributed by atoms with Crippen LogP contribution >= 0.6 is 0 Å². The van der Waals surface area contributed by atoms with Gasteiger partial charge in [-0.3, -0.25) is 0 Å². The van der Waals surface area contributed by atoms with E-state index in [2.05, 4.69) is 12.2 Å². The van der Waals surface area contributed by atoms with E-state index < -0.39 is 0 Å². The third kappa shape index (κ3) is 2.16. The van der Waals surface area contributed by atoms with E-state index in [1.807, 2.05) is 0 Å². The number of benzene rings is 1. The van der Waals surface area contributed by atoms with Gasteiger partial charge in [-0.2, -0.15) is 0 Å². The van der Waals surface area contributed by atoms with E-state index >= 15 is 0 Å². The van der Waals surface area contributed by atoms with Crippen molar-refractivity contribution in [1.82, 2.24) is 5.32 Å². The number of fused-ring (bicyclic) bond motifs is 2. The molecule has 0 spiro atoms. The maximum Gasteiger partial charge on any atom is 0.123 e. The van der Waals surface area contributed by atoms with Gasteiger partial charge in [0.1, 0.15) is 18.2 Å². The predicted octanol–water partition coefficient (Wildman–Crippen LogP) is 2.59. The summed E-state index contributed by atoms with van der Waals surface area (Å²) in [7, 11) is 0. The molecule has 1 N–H and O–H groups in total. The Hall–Kier alpha value is -1.09. The topological polar surface area (TPSA) is 21.3 Å². The molecule has 1 aromatic carbocycles. The van der Waals surface area contributed by atoms with Crippen LogP contribution in [0.25, 0.3) is 0 Å². The van der Waals surface area contributed by atoms with Gasteiger partial charge in [0, 0.05) is 12.1 Å². The third-order valence-electron chi connectivity index (χ3n) is 4.25. The van der Waals surface area contributed by atoms with Gasteiger partial charge in [-0.05, 0) is 48.9 Å². The van der Waals surface area contributed by atoms with Crippen LogP contribution in [0.3, 0.4) is 0 Å². The number of piperidine rings is 2. The van der Waals surface area contributed by atoms with E-state index in [-0.39, 0.29) is 5.82 Å². The van der Waals surface area contributed by atoms with Gasteiger partial charge in [-0.1, -0.05) is 6.92 Å². The van der Waals surface area contributed by atoms with Crippen molar-refractivity contribution in [2.45, 2.75) is 31.8 Å². The fourth-order valence-corrected chi connectivity index (χ4v) is 2.93. The zero-order chi connectivity index (χ0) is 11.8. The van der Waals surface area contributed by atoms with Gasteiger partial charge in [-0.15, -0.1) is 0 Å². The van der Waals surface area contributed by atoms with Crippen LogP contribution in [0.15, 0.2) is 24.3 Å². The predicted molar refractivity (Wildman–Crippen MR) is 64.5 cm³/mol. The molecule has 1 aliphatic carbocycles. The lowest BCUT2D eigenvalue weighted by atomic mass is 9.66. The molecule has 2 bridgehead atoms. The number of nitrogens with one attached hydrogen (secondary N) is 1. The Bertz CT molecular complexity index is 386. The number of hydrogen-bond acceptors (Lipinski definition) is 2. The quantitative estimate of drug-likeness (QED) is 0.869. The summed E-state index contributed by atoms with van der Waals surface area (Å²) < 4.78 is 18.4. The molecular weight excluding hydrogens is 217 g/mol. The van der Waals surface area contributed by atoms with Crippen LogP contribution in [0.5, 0.6) is 5.75 Å². The van der Waals surface area contributed by atoms with Crippen LogP contribution in [-0.2, 0) is 0 Å². The molecule has 92 valence electrons. The molecule has 3 fully saturated rings. The Morgan fingerprint density at radius 3 is 2.65 bits per heavy atom. The summed E-state index contributed by atoms with van der Waals surface area (Å²) in [4.78, 5) is 0. The molecule has 0 radical (unpaired) electrons. The van der Waals surface area contributed by atoms with Crippen molar-refractivity contribution in [3.63, 3.8) is 0 Å². The average molecular weight is 235 g/mol. The smallest absolute Gasteiger partial charge is 0.123 e. The van der Waals surface area contributed by atoms with Gasteiger partial charge in [0.25, 0.3) is 0 Å². The van der Waals surface area contributed by atoms with E-state index in [9.17, 15) is 4.39 Å². The average Bonchev–Trinajstić information content (AvgIpc) is 2.28. The zero-order valence-electron chi connectivity index (χ0n) is 10.0. The maximum absolute atomic E-state index is 12.7. The highest BCUT2D eigenvalue weighted by atomic mass is 19.1. The van der Waals surface area contributed by atoms with Gasteiger partial charge in [0.15, 0.2) is 0 Å². The van der Waals surface area contributed by atoms with E-state index in [1.165, 1.54) is 25.0 Å². The number of halogens is 1. The normalized spacial score (nSPS) is 35.2. The van der Waals surface area contributed by atoms with Crippen molar-refractivity contribution in [1.29, 1.82) is 0 Å². The lowest BCUT2D eigenvalue weighted by Crippen LogP contribution is -2.60. The van der Waals surface area contributed by atoms with Crippen LogP contribution in [0, 0.1) is 17.7 Å². The molecule has 2 saturated heterocycles. The second-order valence-electron chi connectivity index (χ2n) is 5.33. The fraction of sp³-hybridized carbons (Fsp3) is 0.571. The van der Waals surface area contributed by atoms with E-state index in [1.54, 1.807) is 12.1 Å². The molecule has 3 aliphatic rings. The molecule has 0 amide bonds. The molecule has 17 heavy (non-hydrogen) atoms. The summed E-state index contributed by atoms with van der Waals surface area (Å²) >= 11 is 0.